The van der Waals surface area contributed by atoms with E-state index in [1.54, 1.807) is 17.5 Å². The lowest BCUT2D eigenvalue weighted by Gasteiger charge is -2.30. The number of rotatable bonds is 6. The zero-order chi connectivity index (χ0) is 23.0. The van der Waals surface area contributed by atoms with Crippen molar-refractivity contribution >= 4 is 40.5 Å². The van der Waals surface area contributed by atoms with Gasteiger partial charge < -0.3 is 0 Å². The zero-order valence-corrected chi connectivity index (χ0v) is 17.9. The van der Waals surface area contributed by atoms with Gasteiger partial charge in [0.15, 0.2) is 5.78 Å². The van der Waals surface area contributed by atoms with Gasteiger partial charge in [0.05, 0.1) is 21.6 Å². The van der Waals surface area contributed by atoms with Crippen molar-refractivity contribution in [3.05, 3.63) is 74.5 Å². The second-order valence-corrected chi connectivity index (χ2v) is 8.66. The molecular formula is C22H19N3O6S. The lowest BCUT2D eigenvalue weighted by Crippen LogP contribution is -2.52. The van der Waals surface area contributed by atoms with E-state index in [0.717, 1.165) is 22.2 Å². The van der Waals surface area contributed by atoms with E-state index in [-0.39, 0.29) is 17.2 Å². The highest BCUT2D eigenvalue weighted by Gasteiger charge is 2.53. The second-order valence-electron chi connectivity index (χ2n) is 7.71. The molecule has 1 saturated heterocycles. The molecule has 10 heteroatoms. The fraction of sp³-hybridized carbons (Fsp3) is 0.273. The lowest BCUT2D eigenvalue weighted by molar-refractivity contribution is -0.384. The minimum Gasteiger partial charge on any atom is -0.291 e. The van der Waals surface area contributed by atoms with Gasteiger partial charge in [0.25, 0.3) is 23.4 Å². The van der Waals surface area contributed by atoms with Crippen LogP contribution in [0, 0.1) is 27.9 Å². The van der Waals surface area contributed by atoms with Crippen LogP contribution in [0.25, 0.3) is 0 Å². The molecule has 0 N–H and O–H groups in total. The monoisotopic (exact) mass is 453 g/mol. The predicted molar refractivity (Wildman–Crippen MR) is 115 cm³/mol. The number of hydrogen-bond acceptors (Lipinski definition) is 7. The molecule has 2 aromatic rings. The highest BCUT2D eigenvalue weighted by molar-refractivity contribution is 7.12. The highest BCUT2D eigenvalue weighted by Crippen LogP contribution is 2.39. The highest BCUT2D eigenvalue weighted by atomic mass is 32.1. The topological polar surface area (TPSA) is 118 Å². The van der Waals surface area contributed by atoms with Crippen molar-refractivity contribution in [1.82, 2.24) is 10.0 Å². The summed E-state index contributed by atoms with van der Waals surface area (Å²) in [5.41, 5.74) is -0.182. The maximum absolute atomic E-state index is 13.3. The number of nitrogens with zero attached hydrogens (tertiary/aromatic N) is 3. The van der Waals surface area contributed by atoms with Gasteiger partial charge in [-0.3, -0.25) is 29.3 Å². The van der Waals surface area contributed by atoms with Crippen LogP contribution in [-0.2, 0) is 9.59 Å². The van der Waals surface area contributed by atoms with Crippen LogP contribution < -0.4 is 0 Å². The Kier molecular flexibility index (Phi) is 5.70. The fourth-order valence-corrected chi connectivity index (χ4v) is 4.78. The summed E-state index contributed by atoms with van der Waals surface area (Å²) < 4.78 is 0. The SMILES string of the molecule is C[C@@H]1C=CC[C@@H]2C(=O)N(N(CC(=O)c3cccs3)C(=O)c3ccc([N+](=O)[O-])cc3)C(=O)[C@H]12. The predicted octanol–water partition coefficient (Wildman–Crippen LogP) is 3.09. The number of nitro groups is 1. The number of carbonyl (C=O) groups excluding carboxylic acids is 4. The van der Waals surface area contributed by atoms with Gasteiger partial charge in [-0.25, -0.2) is 5.01 Å². The lowest BCUT2D eigenvalue weighted by atomic mass is 9.78. The molecule has 1 aliphatic carbocycles. The minimum absolute atomic E-state index is 0.0243. The summed E-state index contributed by atoms with van der Waals surface area (Å²) in [7, 11) is 0. The Labute approximate surface area is 187 Å². The van der Waals surface area contributed by atoms with E-state index in [2.05, 4.69) is 0 Å². The van der Waals surface area contributed by atoms with Gasteiger partial charge in [-0.05, 0) is 35.9 Å². The Morgan fingerprint density at radius 2 is 1.91 bits per heavy atom. The first kappa shape index (κ1) is 21.6. The molecule has 0 bridgehead atoms. The number of Topliss-reactive ketones (excluding diaryl/α,β-unsaturated/α-hetero) is 1. The number of hydrazine groups is 1. The molecule has 9 nitrogen and oxygen atoms in total. The minimum atomic E-state index is -0.759. The number of benzene rings is 1. The maximum atomic E-state index is 13.3. The first-order valence-electron chi connectivity index (χ1n) is 9.97. The first-order valence-corrected chi connectivity index (χ1v) is 10.8. The maximum Gasteiger partial charge on any atom is 0.273 e. The molecule has 1 aliphatic heterocycles. The van der Waals surface area contributed by atoms with E-state index >= 15 is 0 Å². The number of imide groups is 1. The van der Waals surface area contributed by atoms with E-state index in [1.165, 1.54) is 23.5 Å². The number of hydrogen-bond donors (Lipinski definition) is 0. The van der Waals surface area contributed by atoms with Gasteiger partial charge >= 0.3 is 0 Å². The third-order valence-electron chi connectivity index (χ3n) is 5.74. The van der Waals surface area contributed by atoms with E-state index in [9.17, 15) is 29.3 Å². The number of thiophene rings is 1. The van der Waals surface area contributed by atoms with Gasteiger partial charge in [0.1, 0.15) is 6.54 Å². The van der Waals surface area contributed by atoms with Gasteiger partial charge in [0.2, 0.25) is 0 Å². The molecule has 32 heavy (non-hydrogen) atoms. The number of allylic oxidation sites excluding steroid dienone is 2. The summed E-state index contributed by atoms with van der Waals surface area (Å²) in [5, 5.41) is 14.3. The van der Waals surface area contributed by atoms with E-state index in [4.69, 9.17) is 0 Å². The van der Waals surface area contributed by atoms with Gasteiger partial charge in [-0.15, -0.1) is 11.3 Å². The molecule has 0 radical (unpaired) electrons. The van der Waals surface area contributed by atoms with Gasteiger partial charge in [-0.2, -0.15) is 5.01 Å². The Morgan fingerprint density at radius 3 is 2.50 bits per heavy atom. The van der Waals surface area contributed by atoms with Crippen LogP contribution in [0.4, 0.5) is 5.69 Å². The number of carbonyl (C=O) groups is 4. The van der Waals surface area contributed by atoms with Crippen LogP contribution in [0.5, 0.6) is 0 Å². The molecule has 1 aromatic carbocycles. The summed E-state index contributed by atoms with van der Waals surface area (Å²) in [6, 6.07) is 8.09. The number of amides is 3. The quantitative estimate of drug-likeness (QED) is 0.218. The van der Waals surface area contributed by atoms with E-state index in [0.29, 0.717) is 11.3 Å². The molecule has 2 aliphatic rings. The second kappa shape index (κ2) is 8.46. The van der Waals surface area contributed by atoms with Crippen molar-refractivity contribution in [2.24, 2.45) is 17.8 Å². The van der Waals surface area contributed by atoms with Crippen LogP contribution in [0.15, 0.2) is 53.9 Å². The van der Waals surface area contributed by atoms with Crippen LogP contribution in [0.2, 0.25) is 0 Å². The fourth-order valence-electron chi connectivity index (χ4n) is 4.13. The summed E-state index contributed by atoms with van der Waals surface area (Å²) >= 11 is 1.19. The third kappa shape index (κ3) is 3.73. The third-order valence-corrected chi connectivity index (χ3v) is 6.65. The molecule has 164 valence electrons. The Balaban J connectivity index is 1.70. The number of non-ortho nitro benzene ring substituents is 1. The summed E-state index contributed by atoms with van der Waals surface area (Å²) in [5.74, 6) is -3.60. The van der Waals surface area contributed by atoms with Crippen molar-refractivity contribution in [2.75, 3.05) is 6.54 Å². The normalized spacial score (nSPS) is 22.0. The molecular weight excluding hydrogens is 434 g/mol. The van der Waals surface area contributed by atoms with E-state index < -0.39 is 46.8 Å². The number of fused-ring (bicyclic) bond motifs is 1. The van der Waals surface area contributed by atoms with Crippen molar-refractivity contribution in [1.29, 1.82) is 0 Å². The standard InChI is InChI=1S/C22H19N3O6S/c1-13-4-2-5-16-19(13)22(29)24(21(16)28)23(12-17(26)18-6-3-11-32-18)20(27)14-7-9-15(10-8-14)25(30)31/h2-4,6-11,13,16,19H,5,12H2,1H3/t13-,16+,19-/m1/s1. The molecule has 4 rings (SSSR count). The van der Waals surface area contributed by atoms with Crippen molar-refractivity contribution < 1.29 is 24.1 Å². The van der Waals surface area contributed by atoms with Gasteiger partial charge in [-0.1, -0.05) is 25.1 Å². The van der Waals surface area contributed by atoms with Gasteiger partial charge in [0, 0.05) is 17.7 Å². The number of nitro benzene ring substituents is 1. The molecule has 3 amide bonds. The molecule has 0 unspecified atom stereocenters. The van der Waals surface area contributed by atoms with Crippen molar-refractivity contribution in [2.45, 2.75) is 13.3 Å². The summed E-state index contributed by atoms with van der Waals surface area (Å²) in [4.78, 5) is 63.3. The Morgan fingerprint density at radius 1 is 1.19 bits per heavy atom. The van der Waals surface area contributed by atoms with E-state index in [1.807, 2.05) is 19.1 Å². The van der Waals surface area contributed by atoms with Crippen LogP contribution in [0.1, 0.15) is 33.4 Å². The molecule has 2 heterocycles. The molecule has 1 aromatic heterocycles. The van der Waals surface area contributed by atoms with Crippen LogP contribution in [0.3, 0.4) is 0 Å². The zero-order valence-electron chi connectivity index (χ0n) is 17.0. The molecule has 3 atom stereocenters. The summed E-state index contributed by atoms with van der Waals surface area (Å²) in [6.07, 6.45) is 4.10. The van der Waals surface area contributed by atoms with Crippen molar-refractivity contribution in [3.8, 4) is 0 Å². The van der Waals surface area contributed by atoms with Crippen LogP contribution in [-0.4, -0.2) is 45.0 Å². The van der Waals surface area contributed by atoms with Crippen LogP contribution >= 0.6 is 11.3 Å². The molecule has 0 saturated carbocycles. The average Bonchev–Trinajstić information content (AvgIpc) is 3.40. The molecule has 1 fully saturated rings. The Bertz CT molecular complexity index is 1130. The smallest absolute Gasteiger partial charge is 0.273 e. The largest absolute Gasteiger partial charge is 0.291 e. The first-order chi connectivity index (χ1) is 15.3. The Hall–Kier alpha value is -3.66. The van der Waals surface area contributed by atoms with Crippen molar-refractivity contribution in [3.63, 3.8) is 0 Å². The number of ketones is 1. The molecule has 0 spiro atoms. The summed E-state index contributed by atoms with van der Waals surface area (Å²) in [6.45, 7) is 1.33. The average molecular weight is 453 g/mol.